The summed E-state index contributed by atoms with van der Waals surface area (Å²) in [5, 5.41) is 8.95. The summed E-state index contributed by atoms with van der Waals surface area (Å²) >= 11 is 6.71. The Kier molecular flexibility index (Phi) is 5.17. The standard InChI is InChI=1S/C12H11Br2NO/c1-2-12(16)11(14)6-9-5-10(13)4-3-8(9)7-15/h3-5,11H,2,6H2,1H3. The van der Waals surface area contributed by atoms with E-state index in [1.165, 1.54) is 0 Å². The second kappa shape index (κ2) is 6.17. The van der Waals surface area contributed by atoms with Crippen LogP contribution in [0.4, 0.5) is 0 Å². The van der Waals surface area contributed by atoms with Crippen LogP contribution < -0.4 is 0 Å². The number of carbonyl (C=O) groups is 1. The van der Waals surface area contributed by atoms with Crippen molar-refractivity contribution in [3.05, 3.63) is 33.8 Å². The molecule has 0 heterocycles. The maximum Gasteiger partial charge on any atom is 0.146 e. The number of Topliss-reactive ketones (excluding diaryl/α,β-unsaturated/α-hetero) is 1. The van der Waals surface area contributed by atoms with Crippen molar-refractivity contribution < 1.29 is 4.79 Å². The number of alkyl halides is 1. The van der Waals surface area contributed by atoms with E-state index in [1.807, 2.05) is 19.1 Å². The lowest BCUT2D eigenvalue weighted by molar-refractivity contribution is -0.118. The van der Waals surface area contributed by atoms with Gasteiger partial charge in [0.15, 0.2) is 0 Å². The second-order valence-corrected chi connectivity index (χ2v) is 5.43. The number of hydrogen-bond donors (Lipinski definition) is 0. The van der Waals surface area contributed by atoms with Gasteiger partial charge in [-0.1, -0.05) is 38.8 Å². The van der Waals surface area contributed by atoms with E-state index in [1.54, 1.807) is 6.07 Å². The number of hydrogen-bond acceptors (Lipinski definition) is 2. The Morgan fingerprint density at radius 1 is 1.56 bits per heavy atom. The van der Waals surface area contributed by atoms with E-state index < -0.39 is 0 Å². The number of halogens is 2. The predicted molar refractivity (Wildman–Crippen MR) is 70.6 cm³/mol. The van der Waals surface area contributed by atoms with Crippen molar-refractivity contribution in [2.24, 2.45) is 0 Å². The monoisotopic (exact) mass is 343 g/mol. The van der Waals surface area contributed by atoms with Crippen LogP contribution in [0.1, 0.15) is 24.5 Å². The molecule has 0 amide bonds. The average molecular weight is 345 g/mol. The second-order valence-electron chi connectivity index (χ2n) is 3.40. The first kappa shape index (κ1) is 13.4. The smallest absolute Gasteiger partial charge is 0.146 e. The van der Waals surface area contributed by atoms with Gasteiger partial charge in [0.2, 0.25) is 0 Å². The Balaban J connectivity index is 2.92. The first-order chi connectivity index (χ1) is 7.58. The van der Waals surface area contributed by atoms with Crippen molar-refractivity contribution >= 4 is 37.6 Å². The highest BCUT2D eigenvalue weighted by atomic mass is 79.9. The molecule has 1 unspecified atom stereocenters. The maximum atomic E-state index is 11.5. The number of benzene rings is 1. The average Bonchev–Trinajstić information content (AvgIpc) is 2.28. The zero-order valence-electron chi connectivity index (χ0n) is 8.84. The zero-order chi connectivity index (χ0) is 12.1. The van der Waals surface area contributed by atoms with Crippen LogP contribution in [0, 0.1) is 11.3 Å². The summed E-state index contributed by atoms with van der Waals surface area (Å²) in [5.41, 5.74) is 1.51. The van der Waals surface area contributed by atoms with Gasteiger partial charge in [-0.15, -0.1) is 0 Å². The Hall–Kier alpha value is -0.660. The summed E-state index contributed by atoms with van der Waals surface area (Å²) in [6.45, 7) is 1.84. The van der Waals surface area contributed by atoms with Crippen LogP contribution in [0.2, 0.25) is 0 Å². The Morgan fingerprint density at radius 2 is 2.25 bits per heavy atom. The third kappa shape index (κ3) is 3.43. The van der Waals surface area contributed by atoms with E-state index in [4.69, 9.17) is 5.26 Å². The van der Waals surface area contributed by atoms with Crippen molar-refractivity contribution in [3.8, 4) is 6.07 Å². The normalized spacial score (nSPS) is 11.9. The SMILES string of the molecule is CCC(=O)C(Br)Cc1cc(Br)ccc1C#N. The van der Waals surface area contributed by atoms with E-state index >= 15 is 0 Å². The van der Waals surface area contributed by atoms with Crippen LogP contribution in [0.5, 0.6) is 0 Å². The zero-order valence-corrected chi connectivity index (χ0v) is 12.0. The molecule has 1 aromatic carbocycles. The Bertz CT molecular complexity index is 437. The van der Waals surface area contributed by atoms with Gasteiger partial charge in [-0.2, -0.15) is 5.26 Å². The number of nitrogens with zero attached hydrogens (tertiary/aromatic N) is 1. The van der Waals surface area contributed by atoms with Crippen molar-refractivity contribution in [3.63, 3.8) is 0 Å². The Labute approximate surface area is 112 Å². The van der Waals surface area contributed by atoms with Crippen LogP contribution in [0.3, 0.4) is 0 Å². The van der Waals surface area contributed by atoms with Gasteiger partial charge in [-0.05, 0) is 30.2 Å². The minimum atomic E-state index is -0.209. The van der Waals surface area contributed by atoms with E-state index in [-0.39, 0.29) is 10.6 Å². The van der Waals surface area contributed by atoms with Crippen LogP contribution in [-0.2, 0) is 11.2 Å². The molecule has 84 valence electrons. The summed E-state index contributed by atoms with van der Waals surface area (Å²) in [4.78, 5) is 11.2. The molecule has 0 aromatic heterocycles. The number of ketones is 1. The summed E-state index contributed by atoms with van der Waals surface area (Å²) < 4.78 is 0.921. The summed E-state index contributed by atoms with van der Waals surface area (Å²) in [6, 6.07) is 7.60. The highest BCUT2D eigenvalue weighted by Gasteiger charge is 2.15. The molecule has 0 fully saturated rings. The predicted octanol–water partition coefficient (Wildman–Crippen LogP) is 3.61. The van der Waals surface area contributed by atoms with Gasteiger partial charge in [-0.25, -0.2) is 0 Å². The summed E-state index contributed by atoms with van der Waals surface area (Å²) in [7, 11) is 0. The van der Waals surface area contributed by atoms with Gasteiger partial charge < -0.3 is 0 Å². The lowest BCUT2D eigenvalue weighted by Gasteiger charge is -2.09. The van der Waals surface area contributed by atoms with Crippen molar-refractivity contribution in [1.29, 1.82) is 5.26 Å². The number of carbonyl (C=O) groups excluding carboxylic acids is 1. The summed E-state index contributed by atoms with van der Waals surface area (Å²) in [6.07, 6.45) is 1.06. The van der Waals surface area contributed by atoms with E-state index in [0.29, 0.717) is 18.4 Å². The minimum Gasteiger partial charge on any atom is -0.298 e. The molecule has 0 aliphatic heterocycles. The molecular formula is C12H11Br2NO. The lowest BCUT2D eigenvalue weighted by Crippen LogP contribution is -2.16. The van der Waals surface area contributed by atoms with Crippen LogP contribution >= 0.6 is 31.9 Å². The van der Waals surface area contributed by atoms with Crippen molar-refractivity contribution in [2.75, 3.05) is 0 Å². The molecule has 2 nitrogen and oxygen atoms in total. The Morgan fingerprint density at radius 3 is 2.81 bits per heavy atom. The molecule has 0 radical (unpaired) electrons. The fraction of sp³-hybridized carbons (Fsp3) is 0.333. The molecule has 4 heteroatoms. The van der Waals surface area contributed by atoms with E-state index in [9.17, 15) is 4.79 Å². The maximum absolute atomic E-state index is 11.5. The molecule has 1 atom stereocenters. The van der Waals surface area contributed by atoms with Crippen LogP contribution in [0.15, 0.2) is 22.7 Å². The van der Waals surface area contributed by atoms with Crippen LogP contribution in [0.25, 0.3) is 0 Å². The fourth-order valence-electron chi connectivity index (χ4n) is 1.37. The molecule has 1 rings (SSSR count). The third-order valence-electron chi connectivity index (χ3n) is 2.28. The molecular weight excluding hydrogens is 334 g/mol. The quantitative estimate of drug-likeness (QED) is 0.783. The summed E-state index contributed by atoms with van der Waals surface area (Å²) in [5.74, 6) is 0.156. The largest absolute Gasteiger partial charge is 0.298 e. The van der Waals surface area contributed by atoms with Crippen LogP contribution in [-0.4, -0.2) is 10.6 Å². The molecule has 0 aliphatic rings. The van der Waals surface area contributed by atoms with E-state index in [2.05, 4.69) is 37.9 Å². The molecule has 0 saturated heterocycles. The van der Waals surface area contributed by atoms with E-state index in [0.717, 1.165) is 10.0 Å². The van der Waals surface area contributed by atoms with Gasteiger partial charge in [-0.3, -0.25) is 4.79 Å². The molecule has 0 N–H and O–H groups in total. The molecule has 16 heavy (non-hydrogen) atoms. The fourth-order valence-corrected chi connectivity index (χ4v) is 2.45. The van der Waals surface area contributed by atoms with Crippen molar-refractivity contribution in [2.45, 2.75) is 24.6 Å². The van der Waals surface area contributed by atoms with Gasteiger partial charge in [0.1, 0.15) is 5.78 Å². The topological polar surface area (TPSA) is 40.9 Å². The lowest BCUT2D eigenvalue weighted by atomic mass is 10.0. The number of rotatable bonds is 4. The molecule has 0 spiro atoms. The first-order valence-corrected chi connectivity index (χ1v) is 6.64. The molecule has 0 bridgehead atoms. The van der Waals surface area contributed by atoms with Gasteiger partial charge in [0.25, 0.3) is 0 Å². The van der Waals surface area contributed by atoms with Crippen molar-refractivity contribution in [1.82, 2.24) is 0 Å². The first-order valence-electron chi connectivity index (χ1n) is 4.93. The molecule has 1 aromatic rings. The highest BCUT2D eigenvalue weighted by Crippen LogP contribution is 2.20. The van der Waals surface area contributed by atoms with Gasteiger partial charge in [0, 0.05) is 10.9 Å². The van der Waals surface area contributed by atoms with Gasteiger partial charge >= 0.3 is 0 Å². The molecule has 0 aliphatic carbocycles. The number of nitriles is 1. The highest BCUT2D eigenvalue weighted by molar-refractivity contribution is 9.10. The third-order valence-corrected chi connectivity index (χ3v) is 3.61. The van der Waals surface area contributed by atoms with Gasteiger partial charge in [0.05, 0.1) is 16.5 Å². The minimum absolute atomic E-state index is 0.156. The molecule has 0 saturated carbocycles.